The number of hydrogen-bond donors (Lipinski definition) is 2. The van der Waals surface area contributed by atoms with Gasteiger partial charge in [-0.25, -0.2) is 0 Å². The lowest BCUT2D eigenvalue weighted by atomic mass is 9.62. The molecule has 0 aromatic carbocycles. The Bertz CT molecular complexity index is 860. The topological polar surface area (TPSA) is 65.5 Å². The van der Waals surface area contributed by atoms with Crippen LogP contribution in [0.4, 0.5) is 0 Å². The normalized spacial score (nSPS) is 56.3. The van der Waals surface area contributed by atoms with Crippen molar-refractivity contribution in [2.24, 2.45) is 59.2 Å². The molecular weight excluding hydrogens is 528 g/mol. The first-order valence-electron chi connectivity index (χ1n) is 17.4. The summed E-state index contributed by atoms with van der Waals surface area (Å²) in [4.78, 5) is 0. The van der Waals surface area contributed by atoms with Gasteiger partial charge in [0.2, 0.25) is 0 Å². The molecule has 2 N–H and O–H groups in total. The summed E-state index contributed by atoms with van der Waals surface area (Å²) in [5.74, 6) is 8.74. The lowest BCUT2D eigenvalue weighted by Gasteiger charge is -2.46. The second-order valence-corrected chi connectivity index (χ2v) is 19.0. The van der Waals surface area contributed by atoms with Gasteiger partial charge in [-0.3, -0.25) is 0 Å². The number of rotatable bonds is 8. The second-order valence-electron chi connectivity index (χ2n) is 17.9. The summed E-state index contributed by atoms with van der Waals surface area (Å²) in [6, 6.07) is 0. The molecule has 5 heteroatoms. The van der Waals surface area contributed by atoms with Gasteiger partial charge < -0.3 is 19.7 Å². The van der Waals surface area contributed by atoms with E-state index in [2.05, 4.69) is 67.2 Å². The van der Waals surface area contributed by atoms with Crippen molar-refractivity contribution < 1.29 is 19.7 Å². The van der Waals surface area contributed by atoms with E-state index in [9.17, 15) is 10.2 Å². The van der Waals surface area contributed by atoms with Gasteiger partial charge in [0, 0.05) is 0 Å². The Morgan fingerprint density at radius 2 is 0.951 bits per heavy atom. The van der Waals surface area contributed by atoms with E-state index in [1.807, 2.05) is 0 Å². The molecule has 4 nitrogen and oxygen atoms in total. The van der Waals surface area contributed by atoms with Crippen LogP contribution in [0.1, 0.15) is 120 Å². The monoisotopic (exact) mass is 590 g/mol. The van der Waals surface area contributed by atoms with Crippen molar-refractivity contribution in [2.45, 2.75) is 154 Å². The van der Waals surface area contributed by atoms with Crippen LogP contribution in [0.2, 0.25) is 0 Å². The maximum Gasteiger partial charge on any atom is 0.0926 e. The van der Waals surface area contributed by atoms with Gasteiger partial charge in [0.25, 0.3) is 0 Å². The molecule has 0 aromatic heterocycles. The Hall–Kier alpha value is 0.190. The quantitative estimate of drug-likeness (QED) is 0.283. The van der Waals surface area contributed by atoms with Gasteiger partial charge in [0.05, 0.1) is 34.6 Å². The molecule has 2 aliphatic heterocycles. The first-order chi connectivity index (χ1) is 19.1. The zero-order chi connectivity index (χ0) is 29.5. The Labute approximate surface area is 255 Å². The summed E-state index contributed by atoms with van der Waals surface area (Å²) < 4.78 is 12.6. The molecule has 2 heterocycles. The zero-order valence-corrected chi connectivity index (χ0v) is 28.3. The third kappa shape index (κ3) is 6.61. The SMILES string of the molecule is CC1CC(C(CSCC(C2CC(C)CC(C)(O)C2)C2CC(C)C3OC3(C)C2)C2CC(C)C3OC3(C)C2)CC(C)(O)C1. The van der Waals surface area contributed by atoms with Crippen LogP contribution in [-0.4, -0.2) is 56.3 Å². The van der Waals surface area contributed by atoms with Gasteiger partial charge in [-0.05, 0) is 163 Å². The van der Waals surface area contributed by atoms with Crippen molar-refractivity contribution >= 4 is 11.8 Å². The van der Waals surface area contributed by atoms with Gasteiger partial charge in [-0.15, -0.1) is 0 Å². The van der Waals surface area contributed by atoms with Crippen molar-refractivity contribution in [3.8, 4) is 0 Å². The number of aliphatic hydroxyl groups is 2. The van der Waals surface area contributed by atoms with Gasteiger partial charge in [-0.2, -0.15) is 11.8 Å². The number of epoxide rings is 2. The third-order valence-electron chi connectivity index (χ3n) is 13.0. The molecular formula is C36H62O4S. The van der Waals surface area contributed by atoms with Crippen LogP contribution < -0.4 is 0 Å². The lowest BCUT2D eigenvalue weighted by Crippen LogP contribution is -2.44. The molecule has 16 unspecified atom stereocenters. The molecule has 6 aliphatic rings. The minimum atomic E-state index is -0.533. The number of thioether (sulfide) groups is 1. The van der Waals surface area contributed by atoms with Gasteiger partial charge in [0.1, 0.15) is 0 Å². The van der Waals surface area contributed by atoms with Crippen LogP contribution in [-0.2, 0) is 9.47 Å². The smallest absolute Gasteiger partial charge is 0.0926 e. The molecule has 0 radical (unpaired) electrons. The largest absolute Gasteiger partial charge is 0.390 e. The highest BCUT2D eigenvalue weighted by Crippen LogP contribution is 2.58. The maximum absolute atomic E-state index is 11.3. The van der Waals surface area contributed by atoms with Crippen LogP contribution >= 0.6 is 11.8 Å². The summed E-state index contributed by atoms with van der Waals surface area (Å²) in [6.07, 6.45) is 12.2. The number of fused-ring (bicyclic) bond motifs is 2. The molecule has 0 aromatic rings. The summed E-state index contributed by atoms with van der Waals surface area (Å²) >= 11 is 2.23. The van der Waals surface area contributed by atoms with E-state index in [-0.39, 0.29) is 11.2 Å². The van der Waals surface area contributed by atoms with E-state index in [0.717, 1.165) is 25.7 Å². The minimum absolute atomic E-state index is 0.0922. The van der Waals surface area contributed by atoms with Gasteiger partial charge >= 0.3 is 0 Å². The highest BCUT2D eigenvalue weighted by atomic mass is 32.2. The molecule has 0 spiro atoms. The van der Waals surface area contributed by atoms with E-state index in [1.165, 1.54) is 50.0 Å². The van der Waals surface area contributed by atoms with E-state index in [1.54, 1.807) is 0 Å². The average Bonchev–Trinajstić information content (AvgIpc) is 3.70. The summed E-state index contributed by atoms with van der Waals surface area (Å²) in [6.45, 7) is 18.4. The standard InChI is InChI=1S/C36H62O4S/c1-21-9-25(15-33(5,37)13-21)29(27-11-23(3)31-35(7,17-27)39-31)19-41-20-30(26-10-22(2)14-34(6,38)16-26)28-12-24(4)32-36(8,18-28)40-32/h21-32,37-38H,9-20H2,1-8H3. The number of ether oxygens (including phenoxy) is 2. The van der Waals surface area contributed by atoms with Gasteiger partial charge in [0.15, 0.2) is 0 Å². The van der Waals surface area contributed by atoms with E-state index in [4.69, 9.17) is 9.47 Å². The van der Waals surface area contributed by atoms with E-state index < -0.39 is 11.2 Å². The van der Waals surface area contributed by atoms with Crippen molar-refractivity contribution in [2.75, 3.05) is 11.5 Å². The fourth-order valence-electron chi connectivity index (χ4n) is 11.8. The van der Waals surface area contributed by atoms with E-state index >= 15 is 0 Å². The highest BCUT2D eigenvalue weighted by Gasteiger charge is 2.61. The number of hydrogen-bond acceptors (Lipinski definition) is 5. The summed E-state index contributed by atoms with van der Waals surface area (Å²) in [5.41, 5.74) is -0.881. The van der Waals surface area contributed by atoms with Crippen molar-refractivity contribution in [3.05, 3.63) is 0 Å². The van der Waals surface area contributed by atoms with E-state index in [0.29, 0.717) is 71.4 Å². The van der Waals surface area contributed by atoms with Crippen molar-refractivity contribution in [3.63, 3.8) is 0 Å². The third-order valence-corrected chi connectivity index (χ3v) is 14.3. The van der Waals surface area contributed by atoms with Crippen LogP contribution in [0.25, 0.3) is 0 Å². The molecule has 4 saturated carbocycles. The molecule has 6 fully saturated rings. The fourth-order valence-corrected chi connectivity index (χ4v) is 13.6. The minimum Gasteiger partial charge on any atom is -0.390 e. The van der Waals surface area contributed by atoms with Gasteiger partial charge in [-0.1, -0.05) is 27.7 Å². The Kier molecular flexibility index (Phi) is 8.30. The molecule has 0 amide bonds. The summed E-state index contributed by atoms with van der Waals surface area (Å²) in [7, 11) is 0. The van der Waals surface area contributed by atoms with Crippen molar-refractivity contribution in [1.29, 1.82) is 0 Å². The van der Waals surface area contributed by atoms with Crippen LogP contribution in [0.5, 0.6) is 0 Å². The molecule has 41 heavy (non-hydrogen) atoms. The molecule has 2 saturated heterocycles. The molecule has 0 bridgehead atoms. The average molecular weight is 591 g/mol. The highest BCUT2D eigenvalue weighted by molar-refractivity contribution is 7.99. The molecule has 4 aliphatic carbocycles. The Balaban J connectivity index is 1.20. The van der Waals surface area contributed by atoms with Crippen molar-refractivity contribution in [1.82, 2.24) is 0 Å². The first-order valence-corrected chi connectivity index (χ1v) is 18.6. The predicted octanol–water partition coefficient (Wildman–Crippen LogP) is 7.73. The van der Waals surface area contributed by atoms with Crippen LogP contribution in [0, 0.1) is 59.2 Å². The lowest BCUT2D eigenvalue weighted by molar-refractivity contribution is -0.0382. The maximum atomic E-state index is 11.3. The first kappa shape index (κ1) is 31.2. The van der Waals surface area contributed by atoms with Crippen LogP contribution in [0.15, 0.2) is 0 Å². The predicted molar refractivity (Wildman–Crippen MR) is 169 cm³/mol. The Morgan fingerprint density at radius 1 is 0.585 bits per heavy atom. The fraction of sp³-hybridized carbons (Fsp3) is 1.00. The Morgan fingerprint density at radius 3 is 1.29 bits per heavy atom. The summed E-state index contributed by atoms with van der Waals surface area (Å²) in [5, 5.41) is 22.5. The molecule has 6 rings (SSSR count). The second kappa shape index (κ2) is 10.9. The molecule has 16 atom stereocenters. The molecule has 236 valence electrons. The zero-order valence-electron chi connectivity index (χ0n) is 27.5. The van der Waals surface area contributed by atoms with Crippen LogP contribution in [0.3, 0.4) is 0 Å².